The number of nitrogens with two attached hydrogens (primary N) is 1. The van der Waals surface area contributed by atoms with Crippen molar-refractivity contribution < 1.29 is 13.9 Å². The van der Waals surface area contributed by atoms with E-state index >= 15 is 0 Å². The Morgan fingerprint density at radius 3 is 2.05 bits per heavy atom. The Kier molecular flexibility index (Phi) is 3.37. The number of hydrogen-bond acceptors (Lipinski definition) is 2. The topological polar surface area (TPSA) is 52.3 Å². The van der Waals surface area contributed by atoms with Gasteiger partial charge in [0.05, 0.1) is 0 Å². The van der Waals surface area contributed by atoms with Crippen LogP contribution in [0.5, 0.6) is 0 Å². The average molecular weight is 285 g/mol. The van der Waals surface area contributed by atoms with Crippen LogP contribution in [0.1, 0.15) is 18.4 Å². The zero-order valence-corrected chi connectivity index (χ0v) is 11.5. The first-order chi connectivity index (χ1) is 10.1. The van der Waals surface area contributed by atoms with E-state index in [-0.39, 0.29) is 11.2 Å². The van der Waals surface area contributed by atoms with Crippen LogP contribution in [0.2, 0.25) is 0 Å². The molecule has 0 aliphatic heterocycles. The summed E-state index contributed by atoms with van der Waals surface area (Å²) in [7, 11) is 0. The maximum absolute atomic E-state index is 12.9. The number of hydrogen-bond donors (Lipinski definition) is 1. The quantitative estimate of drug-likeness (QED) is 0.932. The maximum atomic E-state index is 12.9. The van der Waals surface area contributed by atoms with E-state index in [4.69, 9.17) is 10.5 Å². The van der Waals surface area contributed by atoms with Crippen LogP contribution in [0.25, 0.3) is 11.1 Å². The lowest BCUT2D eigenvalue weighted by Crippen LogP contribution is -2.22. The third-order valence-corrected chi connectivity index (χ3v) is 4.02. The molecule has 4 heteroatoms. The summed E-state index contributed by atoms with van der Waals surface area (Å²) >= 11 is 0. The number of primary amides is 1. The Morgan fingerprint density at radius 1 is 1.05 bits per heavy atom. The number of amides is 1. The van der Waals surface area contributed by atoms with Gasteiger partial charge in [0.15, 0.2) is 0 Å². The fraction of sp³-hybridized carbons (Fsp3) is 0.235. The van der Waals surface area contributed by atoms with E-state index in [1.54, 1.807) is 12.1 Å². The fourth-order valence-electron chi connectivity index (χ4n) is 2.54. The minimum atomic E-state index is -0.732. The lowest BCUT2D eigenvalue weighted by Gasteiger charge is -2.15. The van der Waals surface area contributed by atoms with Crippen LogP contribution in [0.15, 0.2) is 48.5 Å². The van der Waals surface area contributed by atoms with Gasteiger partial charge < -0.3 is 10.5 Å². The Labute approximate surface area is 122 Å². The number of carbonyl (C=O) groups excluding carboxylic acids is 1. The summed E-state index contributed by atoms with van der Waals surface area (Å²) in [6, 6.07) is 14.5. The highest BCUT2D eigenvalue weighted by Crippen LogP contribution is 2.48. The normalized spacial score (nSPS) is 15.5. The number of halogens is 1. The number of ether oxygens (including phenoxy) is 1. The molecule has 0 atom stereocenters. The molecule has 21 heavy (non-hydrogen) atoms. The van der Waals surface area contributed by atoms with E-state index in [0.717, 1.165) is 29.5 Å². The maximum Gasteiger partial charge on any atom is 0.404 e. The molecule has 0 unspecified atom stereocenters. The molecule has 0 aromatic heterocycles. The summed E-state index contributed by atoms with van der Waals surface area (Å²) < 4.78 is 17.9. The molecule has 2 aromatic rings. The zero-order valence-electron chi connectivity index (χ0n) is 11.5. The SMILES string of the molecule is NC(=O)OCC1(c2ccc(-c3ccc(F)cc3)cc2)CC1. The second kappa shape index (κ2) is 5.20. The third kappa shape index (κ3) is 2.89. The van der Waals surface area contributed by atoms with E-state index in [1.165, 1.54) is 12.1 Å². The third-order valence-electron chi connectivity index (χ3n) is 4.02. The van der Waals surface area contributed by atoms with Gasteiger partial charge in [-0.25, -0.2) is 9.18 Å². The van der Waals surface area contributed by atoms with Gasteiger partial charge in [0.25, 0.3) is 0 Å². The van der Waals surface area contributed by atoms with Crippen molar-refractivity contribution in [3.8, 4) is 11.1 Å². The smallest absolute Gasteiger partial charge is 0.404 e. The Hall–Kier alpha value is -2.36. The van der Waals surface area contributed by atoms with E-state index in [1.807, 2.05) is 24.3 Å². The van der Waals surface area contributed by atoms with Crippen LogP contribution in [-0.2, 0) is 10.2 Å². The molecule has 2 N–H and O–H groups in total. The molecular weight excluding hydrogens is 269 g/mol. The van der Waals surface area contributed by atoms with Gasteiger partial charge in [-0.1, -0.05) is 36.4 Å². The Balaban J connectivity index is 1.78. The van der Waals surface area contributed by atoms with Crippen LogP contribution in [0.3, 0.4) is 0 Å². The molecule has 0 radical (unpaired) electrons. The monoisotopic (exact) mass is 285 g/mol. The molecule has 1 amide bonds. The van der Waals surface area contributed by atoms with Gasteiger partial charge in [0.2, 0.25) is 0 Å². The minimum Gasteiger partial charge on any atom is -0.449 e. The van der Waals surface area contributed by atoms with Crippen molar-refractivity contribution in [1.29, 1.82) is 0 Å². The summed E-state index contributed by atoms with van der Waals surface area (Å²) in [6.07, 6.45) is 1.26. The molecular formula is C17H16FNO2. The van der Waals surface area contributed by atoms with Gasteiger partial charge in [0, 0.05) is 5.41 Å². The summed E-state index contributed by atoms with van der Waals surface area (Å²) in [5, 5.41) is 0. The van der Waals surface area contributed by atoms with Crippen molar-refractivity contribution in [2.24, 2.45) is 5.73 Å². The minimum absolute atomic E-state index is 0.0731. The molecule has 1 aliphatic rings. The standard InChI is InChI=1S/C17H16FNO2/c18-15-7-3-13(4-8-15)12-1-5-14(6-2-12)17(9-10-17)11-21-16(19)20/h1-8H,9-11H2,(H2,19,20). The molecule has 0 bridgehead atoms. The molecule has 0 spiro atoms. The first-order valence-electron chi connectivity index (χ1n) is 6.88. The number of benzene rings is 2. The Morgan fingerprint density at radius 2 is 1.57 bits per heavy atom. The first-order valence-corrected chi connectivity index (χ1v) is 6.88. The molecule has 1 saturated carbocycles. The Bertz CT molecular complexity index is 645. The van der Waals surface area contributed by atoms with Crippen LogP contribution in [0, 0.1) is 5.82 Å². The summed E-state index contributed by atoms with van der Waals surface area (Å²) in [4.78, 5) is 10.7. The van der Waals surface area contributed by atoms with Crippen LogP contribution in [0.4, 0.5) is 9.18 Å². The predicted octanol–water partition coefficient (Wildman–Crippen LogP) is 3.62. The van der Waals surface area contributed by atoms with E-state index in [2.05, 4.69) is 0 Å². The number of rotatable bonds is 4. The second-order valence-corrected chi connectivity index (χ2v) is 5.47. The van der Waals surface area contributed by atoms with Gasteiger partial charge >= 0.3 is 6.09 Å². The van der Waals surface area contributed by atoms with Crippen LogP contribution in [-0.4, -0.2) is 12.7 Å². The van der Waals surface area contributed by atoms with Crippen molar-refractivity contribution in [1.82, 2.24) is 0 Å². The first kappa shape index (κ1) is 13.6. The fourth-order valence-corrected chi connectivity index (χ4v) is 2.54. The highest BCUT2D eigenvalue weighted by Gasteiger charge is 2.45. The van der Waals surface area contributed by atoms with Crippen molar-refractivity contribution in [3.63, 3.8) is 0 Å². The average Bonchev–Trinajstić information content (AvgIpc) is 3.27. The molecule has 0 saturated heterocycles. The predicted molar refractivity (Wildman–Crippen MR) is 78.3 cm³/mol. The van der Waals surface area contributed by atoms with Crippen molar-refractivity contribution in [2.45, 2.75) is 18.3 Å². The van der Waals surface area contributed by atoms with Gasteiger partial charge in [-0.2, -0.15) is 0 Å². The molecule has 3 rings (SSSR count). The van der Waals surface area contributed by atoms with E-state index in [0.29, 0.717) is 6.61 Å². The number of carbonyl (C=O) groups is 1. The van der Waals surface area contributed by atoms with E-state index < -0.39 is 6.09 Å². The molecule has 2 aromatic carbocycles. The summed E-state index contributed by atoms with van der Waals surface area (Å²) in [5.74, 6) is -0.240. The van der Waals surface area contributed by atoms with Crippen LogP contribution < -0.4 is 5.73 Å². The van der Waals surface area contributed by atoms with Crippen molar-refractivity contribution in [3.05, 3.63) is 59.9 Å². The lowest BCUT2D eigenvalue weighted by molar-refractivity contribution is 0.145. The molecule has 3 nitrogen and oxygen atoms in total. The zero-order chi connectivity index (χ0) is 14.9. The van der Waals surface area contributed by atoms with Crippen LogP contribution >= 0.6 is 0 Å². The molecule has 0 heterocycles. The summed E-state index contributed by atoms with van der Waals surface area (Å²) in [5.41, 5.74) is 8.11. The lowest BCUT2D eigenvalue weighted by atomic mass is 9.94. The highest BCUT2D eigenvalue weighted by atomic mass is 19.1. The summed E-state index contributed by atoms with van der Waals surface area (Å²) in [6.45, 7) is 0.332. The van der Waals surface area contributed by atoms with Crippen molar-refractivity contribution in [2.75, 3.05) is 6.61 Å². The van der Waals surface area contributed by atoms with Gasteiger partial charge in [-0.3, -0.25) is 0 Å². The molecule has 1 fully saturated rings. The van der Waals surface area contributed by atoms with Gasteiger partial charge in [-0.15, -0.1) is 0 Å². The second-order valence-electron chi connectivity index (χ2n) is 5.47. The van der Waals surface area contributed by atoms with Crippen molar-refractivity contribution >= 4 is 6.09 Å². The molecule has 1 aliphatic carbocycles. The van der Waals surface area contributed by atoms with E-state index in [9.17, 15) is 9.18 Å². The van der Waals surface area contributed by atoms with Gasteiger partial charge in [0.1, 0.15) is 12.4 Å². The molecule has 108 valence electrons. The largest absolute Gasteiger partial charge is 0.449 e. The van der Waals surface area contributed by atoms with Gasteiger partial charge in [-0.05, 0) is 41.7 Å². The highest BCUT2D eigenvalue weighted by molar-refractivity contribution is 5.65.